The zero-order chi connectivity index (χ0) is 17.8. The van der Waals surface area contributed by atoms with Gasteiger partial charge < -0.3 is 4.74 Å². The van der Waals surface area contributed by atoms with Crippen molar-refractivity contribution in [1.29, 1.82) is 0 Å². The van der Waals surface area contributed by atoms with Gasteiger partial charge in [0, 0.05) is 17.5 Å². The summed E-state index contributed by atoms with van der Waals surface area (Å²) in [5.41, 5.74) is 3.36. The van der Waals surface area contributed by atoms with Gasteiger partial charge in [-0.25, -0.2) is 14.3 Å². The summed E-state index contributed by atoms with van der Waals surface area (Å²) in [6.45, 7) is 6.53. The fourth-order valence-corrected chi connectivity index (χ4v) is 3.71. The Kier molecular flexibility index (Phi) is 5.71. The van der Waals surface area contributed by atoms with Crippen molar-refractivity contribution in [3.63, 3.8) is 0 Å². The Morgan fingerprint density at radius 2 is 2.04 bits per heavy atom. The number of ether oxygens (including phenoxy) is 1. The van der Waals surface area contributed by atoms with Crippen molar-refractivity contribution in [2.24, 2.45) is 5.92 Å². The molecule has 0 N–H and O–H groups in total. The Balaban J connectivity index is 1.96. The van der Waals surface area contributed by atoms with Crippen molar-refractivity contribution in [2.45, 2.75) is 71.6 Å². The molecular formula is C20H29N3O2. The van der Waals surface area contributed by atoms with Crippen LogP contribution in [0.25, 0.3) is 5.65 Å². The summed E-state index contributed by atoms with van der Waals surface area (Å²) >= 11 is 0. The highest BCUT2D eigenvalue weighted by Gasteiger charge is 2.20. The minimum atomic E-state index is -0.378. The first kappa shape index (κ1) is 17.9. The summed E-state index contributed by atoms with van der Waals surface area (Å²) in [4.78, 5) is 16.8. The molecule has 1 unspecified atom stereocenters. The van der Waals surface area contributed by atoms with Crippen molar-refractivity contribution < 1.29 is 9.53 Å². The Morgan fingerprint density at radius 1 is 1.28 bits per heavy atom. The van der Waals surface area contributed by atoms with Gasteiger partial charge in [0.1, 0.15) is 0 Å². The first-order chi connectivity index (χ1) is 12.1. The summed E-state index contributed by atoms with van der Waals surface area (Å²) < 4.78 is 6.92. The predicted molar refractivity (Wildman–Crippen MR) is 97.9 cm³/mol. The van der Waals surface area contributed by atoms with E-state index in [0.29, 0.717) is 18.2 Å². The third-order valence-corrected chi connectivity index (χ3v) is 5.33. The van der Waals surface area contributed by atoms with Gasteiger partial charge >= 0.3 is 5.97 Å². The Hall–Kier alpha value is -1.91. The molecule has 0 saturated heterocycles. The summed E-state index contributed by atoms with van der Waals surface area (Å²) in [5, 5.41) is 4.47. The van der Waals surface area contributed by atoms with Crippen LogP contribution in [-0.4, -0.2) is 27.2 Å². The summed E-state index contributed by atoms with van der Waals surface area (Å²) in [5.74, 6) is 0.725. The van der Waals surface area contributed by atoms with E-state index in [1.165, 1.54) is 32.1 Å². The first-order valence-corrected chi connectivity index (χ1v) is 9.69. The highest BCUT2D eigenvalue weighted by atomic mass is 16.5. The van der Waals surface area contributed by atoms with Crippen molar-refractivity contribution in [3.8, 4) is 0 Å². The minimum Gasteiger partial charge on any atom is -0.461 e. The van der Waals surface area contributed by atoms with Crippen molar-refractivity contribution in [2.75, 3.05) is 6.61 Å². The molecule has 25 heavy (non-hydrogen) atoms. The lowest BCUT2D eigenvalue weighted by atomic mass is 9.86. The van der Waals surface area contributed by atoms with Crippen molar-refractivity contribution >= 4 is 11.6 Å². The highest BCUT2D eigenvalue weighted by Crippen LogP contribution is 2.28. The topological polar surface area (TPSA) is 56.5 Å². The number of carbonyl (C=O) groups is 1. The Labute approximate surface area is 149 Å². The molecule has 2 heterocycles. The second kappa shape index (κ2) is 7.98. The molecule has 0 radical (unpaired) electrons. The van der Waals surface area contributed by atoms with Crippen LogP contribution in [0.3, 0.4) is 0 Å². The van der Waals surface area contributed by atoms with Gasteiger partial charge in [-0.1, -0.05) is 46.0 Å². The molecule has 0 spiro atoms. The molecule has 5 nitrogen and oxygen atoms in total. The van der Waals surface area contributed by atoms with E-state index in [9.17, 15) is 4.79 Å². The maximum atomic E-state index is 12.0. The molecule has 1 aliphatic carbocycles. The summed E-state index contributed by atoms with van der Waals surface area (Å²) in [6.07, 6.45) is 8.70. The normalized spacial score (nSPS) is 16.9. The van der Waals surface area contributed by atoms with E-state index in [1.54, 1.807) is 13.0 Å². The molecule has 1 aliphatic rings. The van der Waals surface area contributed by atoms with E-state index >= 15 is 0 Å². The van der Waals surface area contributed by atoms with E-state index in [1.807, 2.05) is 4.52 Å². The number of hydrogen-bond donors (Lipinski definition) is 0. The largest absolute Gasteiger partial charge is 0.461 e. The van der Waals surface area contributed by atoms with Crippen LogP contribution in [0.5, 0.6) is 0 Å². The third kappa shape index (κ3) is 4.02. The second-order valence-corrected chi connectivity index (χ2v) is 7.21. The molecule has 1 atom stereocenters. The number of fused-ring (bicyclic) bond motifs is 1. The monoisotopic (exact) mass is 343 g/mol. The van der Waals surface area contributed by atoms with Crippen LogP contribution >= 0.6 is 0 Å². The fraction of sp³-hybridized carbons (Fsp3) is 0.650. The molecule has 2 aromatic heterocycles. The predicted octanol–water partition coefficient (Wildman–Crippen LogP) is 4.54. The number of rotatable bonds is 6. The van der Waals surface area contributed by atoms with Gasteiger partial charge in [0.2, 0.25) is 0 Å². The number of esters is 1. The molecule has 0 aromatic carbocycles. The van der Waals surface area contributed by atoms with Crippen LogP contribution < -0.4 is 0 Å². The van der Waals surface area contributed by atoms with Gasteiger partial charge in [-0.15, -0.1) is 0 Å². The fourth-order valence-electron chi connectivity index (χ4n) is 3.71. The smallest absolute Gasteiger partial charge is 0.358 e. The van der Waals surface area contributed by atoms with Crippen molar-refractivity contribution in [3.05, 3.63) is 29.2 Å². The Morgan fingerprint density at radius 3 is 2.72 bits per heavy atom. The molecule has 2 aromatic rings. The quantitative estimate of drug-likeness (QED) is 0.722. The van der Waals surface area contributed by atoms with Gasteiger partial charge in [0.15, 0.2) is 11.3 Å². The Bertz CT molecular complexity index is 732. The maximum absolute atomic E-state index is 12.0. The molecule has 0 amide bonds. The minimum absolute atomic E-state index is 0.341. The van der Waals surface area contributed by atoms with Gasteiger partial charge in [0.25, 0.3) is 0 Å². The van der Waals surface area contributed by atoms with Crippen LogP contribution in [0, 0.1) is 5.92 Å². The number of carbonyl (C=O) groups excluding carboxylic acids is 1. The molecule has 0 aliphatic heterocycles. The number of nitrogens with zero attached hydrogens (tertiary/aromatic N) is 3. The molecule has 1 saturated carbocycles. The average Bonchev–Trinajstić information content (AvgIpc) is 3.05. The lowest BCUT2D eigenvalue weighted by molar-refractivity contribution is 0.0519. The summed E-state index contributed by atoms with van der Waals surface area (Å²) in [6, 6.07) is 3.95. The molecule has 0 bridgehead atoms. The zero-order valence-corrected chi connectivity index (χ0v) is 15.6. The van der Waals surface area contributed by atoms with E-state index in [-0.39, 0.29) is 5.97 Å². The summed E-state index contributed by atoms with van der Waals surface area (Å²) in [7, 11) is 0. The lowest BCUT2D eigenvalue weighted by Gasteiger charge is -2.21. The van der Waals surface area contributed by atoms with E-state index < -0.39 is 0 Å². The maximum Gasteiger partial charge on any atom is 0.358 e. The van der Waals surface area contributed by atoms with Crippen LogP contribution in [0.2, 0.25) is 0 Å². The molecule has 1 fully saturated rings. The number of hydrogen-bond acceptors (Lipinski definition) is 4. The third-order valence-electron chi connectivity index (χ3n) is 5.33. The second-order valence-electron chi connectivity index (χ2n) is 7.21. The van der Waals surface area contributed by atoms with Gasteiger partial charge in [-0.2, -0.15) is 5.10 Å². The highest BCUT2D eigenvalue weighted by molar-refractivity contribution is 5.88. The lowest BCUT2D eigenvalue weighted by Crippen LogP contribution is -2.13. The van der Waals surface area contributed by atoms with Crippen molar-refractivity contribution in [1.82, 2.24) is 14.6 Å². The SMILES string of the molecule is CCOC(=O)c1cc2nc(CC3CCCCC3)cc(C(C)CC)n2n1. The zero-order valence-electron chi connectivity index (χ0n) is 15.6. The van der Waals surface area contributed by atoms with Crippen LogP contribution in [0.4, 0.5) is 0 Å². The molecule has 3 rings (SSSR count). The van der Waals surface area contributed by atoms with E-state index in [2.05, 4.69) is 25.0 Å². The molecule has 136 valence electrons. The van der Waals surface area contributed by atoms with E-state index in [0.717, 1.165) is 35.8 Å². The number of aromatic nitrogens is 3. The van der Waals surface area contributed by atoms with Gasteiger partial charge in [-0.3, -0.25) is 0 Å². The van der Waals surface area contributed by atoms with Gasteiger partial charge in [0.05, 0.1) is 6.61 Å². The van der Waals surface area contributed by atoms with Gasteiger partial charge in [-0.05, 0) is 37.7 Å². The van der Waals surface area contributed by atoms with E-state index in [4.69, 9.17) is 9.72 Å². The first-order valence-electron chi connectivity index (χ1n) is 9.69. The molecule has 5 heteroatoms. The molecular weight excluding hydrogens is 314 g/mol. The average molecular weight is 343 g/mol. The van der Waals surface area contributed by atoms with Crippen LogP contribution in [-0.2, 0) is 11.2 Å². The van der Waals surface area contributed by atoms with Crippen LogP contribution in [0.1, 0.15) is 87.1 Å². The standard InChI is InChI=1S/C20H29N3O2/c1-4-14(3)18-12-16(11-15-9-7-6-8-10-15)21-19-13-17(22-23(18)19)20(24)25-5-2/h12-15H,4-11H2,1-3H3. The van der Waals surface area contributed by atoms with Crippen LogP contribution in [0.15, 0.2) is 12.1 Å².